The molecule has 1 aromatic rings. The number of likely N-dealkylation sites (N-methyl/N-ethyl adjacent to an activating group) is 1. The highest BCUT2D eigenvalue weighted by Gasteiger charge is 2.54. The standard InChI is InChI=1S/C19H23F3N4O2/c1-25-15(12-23-24-25)18(28)8-6-17(7-9-18)10-11-26(16(17)27)14-4-2-13(3-5-14)19(20,21)22/h2-5,15,28H,6-12H2,1H3/t15?,17-,18+. The number of amides is 1. The Balaban J connectivity index is 1.46. The van der Waals surface area contributed by atoms with Gasteiger partial charge in [-0.2, -0.15) is 18.3 Å². The Morgan fingerprint density at radius 1 is 1.11 bits per heavy atom. The molecule has 1 atom stereocenters. The molecule has 152 valence electrons. The molecule has 3 aliphatic rings. The number of halogens is 3. The zero-order valence-electron chi connectivity index (χ0n) is 15.6. The summed E-state index contributed by atoms with van der Waals surface area (Å²) in [7, 11) is 1.79. The lowest BCUT2D eigenvalue weighted by molar-refractivity contribution is -0.137. The van der Waals surface area contributed by atoms with Crippen molar-refractivity contribution in [3.05, 3.63) is 29.8 Å². The summed E-state index contributed by atoms with van der Waals surface area (Å²) in [6.45, 7) is 0.933. The molecule has 1 aromatic carbocycles. The first-order chi connectivity index (χ1) is 13.1. The fourth-order valence-corrected chi connectivity index (χ4v) is 4.77. The van der Waals surface area contributed by atoms with Crippen LogP contribution in [0.25, 0.3) is 0 Å². The molecular weight excluding hydrogens is 373 g/mol. The van der Waals surface area contributed by atoms with E-state index in [1.807, 2.05) is 0 Å². The van der Waals surface area contributed by atoms with Gasteiger partial charge in [-0.25, -0.2) is 0 Å². The Bertz CT molecular complexity index is 785. The summed E-state index contributed by atoms with van der Waals surface area (Å²) in [5, 5.41) is 20.7. The first kappa shape index (κ1) is 19.2. The zero-order valence-corrected chi connectivity index (χ0v) is 15.6. The lowest BCUT2D eigenvalue weighted by atomic mass is 9.65. The van der Waals surface area contributed by atoms with Crippen LogP contribution in [-0.4, -0.2) is 47.8 Å². The van der Waals surface area contributed by atoms with E-state index in [2.05, 4.69) is 10.3 Å². The third-order valence-corrected chi connectivity index (χ3v) is 6.62. The van der Waals surface area contributed by atoms with Gasteiger partial charge in [0, 0.05) is 19.3 Å². The molecule has 4 rings (SSSR count). The summed E-state index contributed by atoms with van der Waals surface area (Å²) < 4.78 is 38.3. The maximum Gasteiger partial charge on any atom is 0.416 e. The molecule has 1 unspecified atom stereocenters. The number of benzene rings is 1. The van der Waals surface area contributed by atoms with E-state index in [-0.39, 0.29) is 11.9 Å². The second-order valence-corrected chi connectivity index (χ2v) is 8.14. The van der Waals surface area contributed by atoms with Crippen molar-refractivity contribution in [3.63, 3.8) is 0 Å². The molecule has 1 aliphatic carbocycles. The van der Waals surface area contributed by atoms with Crippen molar-refractivity contribution in [2.75, 3.05) is 25.0 Å². The lowest BCUT2D eigenvalue weighted by Crippen LogP contribution is -2.54. The van der Waals surface area contributed by atoms with Gasteiger partial charge in [0.2, 0.25) is 5.91 Å². The molecule has 0 radical (unpaired) electrons. The third-order valence-electron chi connectivity index (χ3n) is 6.62. The number of nitrogens with zero attached hydrogens (tertiary/aromatic N) is 4. The number of anilines is 1. The van der Waals surface area contributed by atoms with Gasteiger partial charge >= 0.3 is 6.18 Å². The monoisotopic (exact) mass is 396 g/mol. The second kappa shape index (κ2) is 6.43. The van der Waals surface area contributed by atoms with Crippen molar-refractivity contribution in [1.82, 2.24) is 5.01 Å². The fourth-order valence-electron chi connectivity index (χ4n) is 4.77. The number of hydrogen-bond acceptors (Lipinski definition) is 5. The molecule has 1 spiro atoms. The summed E-state index contributed by atoms with van der Waals surface area (Å²) in [5.74, 6) is -0.0524. The normalized spacial score (nSPS) is 33.3. The summed E-state index contributed by atoms with van der Waals surface area (Å²) >= 11 is 0. The predicted octanol–water partition coefficient (Wildman–Crippen LogP) is 3.41. The predicted molar refractivity (Wildman–Crippen MR) is 95.5 cm³/mol. The minimum atomic E-state index is -4.39. The van der Waals surface area contributed by atoms with Crippen LogP contribution in [0.1, 0.15) is 37.7 Å². The van der Waals surface area contributed by atoms with Gasteiger partial charge < -0.3 is 10.0 Å². The Morgan fingerprint density at radius 2 is 1.75 bits per heavy atom. The number of carbonyl (C=O) groups excluding carboxylic acids is 1. The minimum absolute atomic E-state index is 0.0524. The van der Waals surface area contributed by atoms with E-state index in [4.69, 9.17) is 0 Å². The number of carbonyl (C=O) groups is 1. The molecule has 2 aliphatic heterocycles. The van der Waals surface area contributed by atoms with Gasteiger partial charge in [-0.3, -0.25) is 9.80 Å². The van der Waals surface area contributed by atoms with Gasteiger partial charge in [0.25, 0.3) is 0 Å². The molecule has 9 heteroatoms. The first-order valence-corrected chi connectivity index (χ1v) is 9.47. The van der Waals surface area contributed by atoms with Gasteiger partial charge in [0.15, 0.2) is 0 Å². The van der Waals surface area contributed by atoms with Crippen LogP contribution in [0.5, 0.6) is 0 Å². The van der Waals surface area contributed by atoms with Crippen molar-refractivity contribution in [2.24, 2.45) is 15.8 Å². The highest BCUT2D eigenvalue weighted by atomic mass is 19.4. The Morgan fingerprint density at radius 3 is 2.29 bits per heavy atom. The van der Waals surface area contributed by atoms with Crippen LogP contribution in [0.3, 0.4) is 0 Å². The maximum absolute atomic E-state index is 13.1. The number of alkyl halides is 3. The quantitative estimate of drug-likeness (QED) is 0.833. The number of hydrogen-bond donors (Lipinski definition) is 1. The molecule has 6 nitrogen and oxygen atoms in total. The molecule has 1 N–H and O–H groups in total. The van der Waals surface area contributed by atoms with Crippen molar-refractivity contribution in [1.29, 1.82) is 0 Å². The van der Waals surface area contributed by atoms with E-state index in [1.165, 1.54) is 12.1 Å². The van der Waals surface area contributed by atoms with Crippen molar-refractivity contribution in [3.8, 4) is 0 Å². The topological polar surface area (TPSA) is 68.5 Å². The number of aliphatic hydroxyl groups is 1. The Kier molecular flexibility index (Phi) is 4.41. The molecule has 28 heavy (non-hydrogen) atoms. The summed E-state index contributed by atoms with van der Waals surface area (Å²) in [4.78, 5) is 14.7. The SMILES string of the molecule is CN1N=NCC1[C@]1(O)CC[C@]2(CCN(c3ccc(C(F)(F)F)cc3)C2=O)CC1. The van der Waals surface area contributed by atoms with Crippen LogP contribution in [0, 0.1) is 5.41 Å². The van der Waals surface area contributed by atoms with Gasteiger partial charge in [-0.1, -0.05) is 5.22 Å². The molecule has 2 fully saturated rings. The largest absolute Gasteiger partial charge is 0.416 e. The van der Waals surface area contributed by atoms with Crippen LogP contribution in [0.15, 0.2) is 34.6 Å². The van der Waals surface area contributed by atoms with E-state index in [0.29, 0.717) is 50.9 Å². The molecule has 2 heterocycles. The zero-order chi connectivity index (χ0) is 20.2. The summed E-state index contributed by atoms with van der Waals surface area (Å²) in [6.07, 6.45) is -1.65. The van der Waals surface area contributed by atoms with Crippen molar-refractivity contribution >= 4 is 11.6 Å². The highest BCUT2D eigenvalue weighted by molar-refractivity contribution is 6.00. The smallest absolute Gasteiger partial charge is 0.388 e. The van der Waals surface area contributed by atoms with Crippen LogP contribution in [-0.2, 0) is 11.0 Å². The molecule has 1 saturated heterocycles. The van der Waals surface area contributed by atoms with E-state index in [9.17, 15) is 23.1 Å². The maximum atomic E-state index is 13.1. The highest BCUT2D eigenvalue weighted by Crippen LogP contribution is 2.50. The van der Waals surface area contributed by atoms with Crippen LogP contribution in [0.2, 0.25) is 0 Å². The van der Waals surface area contributed by atoms with Crippen molar-refractivity contribution < 1.29 is 23.1 Å². The third kappa shape index (κ3) is 3.05. The molecular formula is C19H23F3N4O2. The fraction of sp³-hybridized carbons (Fsp3) is 0.632. The Hall–Kier alpha value is -2.16. The van der Waals surface area contributed by atoms with E-state index < -0.39 is 22.8 Å². The second-order valence-electron chi connectivity index (χ2n) is 8.14. The summed E-state index contributed by atoms with van der Waals surface area (Å²) in [5.41, 5.74) is -1.70. The van der Waals surface area contributed by atoms with E-state index >= 15 is 0 Å². The van der Waals surface area contributed by atoms with Crippen molar-refractivity contribution in [2.45, 2.75) is 49.9 Å². The van der Waals surface area contributed by atoms with Gasteiger partial charge in [-0.05, 0) is 56.4 Å². The number of rotatable bonds is 2. The molecule has 0 aromatic heterocycles. The van der Waals surface area contributed by atoms with Crippen LogP contribution in [0.4, 0.5) is 18.9 Å². The minimum Gasteiger partial charge on any atom is -0.388 e. The van der Waals surface area contributed by atoms with Crippen LogP contribution < -0.4 is 4.90 Å². The average molecular weight is 396 g/mol. The molecule has 1 saturated carbocycles. The first-order valence-electron chi connectivity index (χ1n) is 9.47. The van der Waals surface area contributed by atoms with Crippen LogP contribution >= 0.6 is 0 Å². The molecule has 1 amide bonds. The van der Waals surface area contributed by atoms with Gasteiger partial charge in [0.05, 0.1) is 29.2 Å². The average Bonchev–Trinajstić information content (AvgIpc) is 3.22. The van der Waals surface area contributed by atoms with Gasteiger partial charge in [0.1, 0.15) is 0 Å². The van der Waals surface area contributed by atoms with Gasteiger partial charge in [-0.15, -0.1) is 0 Å². The lowest BCUT2D eigenvalue weighted by Gasteiger charge is -2.44. The summed E-state index contributed by atoms with van der Waals surface area (Å²) in [6, 6.07) is 4.56. The molecule has 0 bridgehead atoms. The van der Waals surface area contributed by atoms with E-state index in [1.54, 1.807) is 17.0 Å². The Labute approximate surface area is 161 Å². The van der Waals surface area contributed by atoms with E-state index in [0.717, 1.165) is 12.1 Å².